The Kier molecular flexibility index (Phi) is 4.03. The average Bonchev–Trinajstić information content (AvgIpc) is 3.41. The molecule has 0 radical (unpaired) electrons. The van der Waals surface area contributed by atoms with E-state index >= 15 is 0 Å². The molecule has 3 N–H and O–H groups in total. The number of allylic oxidation sites excluding steroid dienone is 1. The Morgan fingerprint density at radius 1 is 1.25 bits per heavy atom. The van der Waals surface area contributed by atoms with E-state index in [-0.39, 0.29) is 17.6 Å². The van der Waals surface area contributed by atoms with E-state index in [9.17, 15) is 14.7 Å². The number of pyridine rings is 1. The van der Waals surface area contributed by atoms with Gasteiger partial charge in [-0.1, -0.05) is 23.8 Å². The quantitative estimate of drug-likeness (QED) is 0.774. The summed E-state index contributed by atoms with van der Waals surface area (Å²) in [6.45, 7) is 1.72. The first kappa shape index (κ1) is 17.8. The van der Waals surface area contributed by atoms with Crippen molar-refractivity contribution in [2.45, 2.75) is 31.3 Å². The summed E-state index contributed by atoms with van der Waals surface area (Å²) < 4.78 is 1.89. The van der Waals surface area contributed by atoms with E-state index in [1.54, 1.807) is 6.07 Å². The normalized spacial score (nSPS) is 26.6. The van der Waals surface area contributed by atoms with E-state index in [1.165, 1.54) is 6.20 Å². The number of hydrogen-bond donors (Lipinski definition) is 2. The number of nitrogens with two attached hydrogens (primary N) is 1. The van der Waals surface area contributed by atoms with Gasteiger partial charge in [0.15, 0.2) is 0 Å². The van der Waals surface area contributed by atoms with Crippen molar-refractivity contribution in [2.24, 2.45) is 17.6 Å². The molecule has 3 atom stereocenters. The summed E-state index contributed by atoms with van der Waals surface area (Å²) in [7, 11) is 0. The van der Waals surface area contributed by atoms with Gasteiger partial charge in [-0.25, -0.2) is 4.79 Å². The fourth-order valence-electron chi connectivity index (χ4n) is 4.77. The lowest BCUT2D eigenvalue weighted by Gasteiger charge is -2.25. The van der Waals surface area contributed by atoms with Crippen LogP contribution in [0.2, 0.25) is 5.02 Å². The topological polar surface area (TPSA) is 88.6 Å². The Morgan fingerprint density at radius 3 is 2.71 bits per heavy atom. The zero-order valence-corrected chi connectivity index (χ0v) is 16.1. The van der Waals surface area contributed by atoms with E-state index < -0.39 is 11.4 Å². The number of anilines is 1. The Morgan fingerprint density at radius 2 is 2.04 bits per heavy atom. The van der Waals surface area contributed by atoms with Gasteiger partial charge in [-0.05, 0) is 43.2 Å². The summed E-state index contributed by atoms with van der Waals surface area (Å²) in [5.41, 5.74) is 7.14. The Hall–Kier alpha value is -2.31. The molecule has 0 bridgehead atoms. The zero-order valence-electron chi connectivity index (χ0n) is 15.3. The van der Waals surface area contributed by atoms with E-state index in [2.05, 4.69) is 17.1 Å². The van der Waals surface area contributed by atoms with Crippen molar-refractivity contribution in [3.63, 3.8) is 0 Å². The van der Waals surface area contributed by atoms with Crippen LogP contribution in [0, 0.1) is 11.8 Å². The molecule has 6 nitrogen and oxygen atoms in total. The van der Waals surface area contributed by atoms with Gasteiger partial charge in [-0.3, -0.25) is 4.79 Å². The van der Waals surface area contributed by atoms with Crippen LogP contribution in [0.3, 0.4) is 0 Å². The molecule has 1 aromatic heterocycles. The van der Waals surface area contributed by atoms with Gasteiger partial charge >= 0.3 is 5.97 Å². The van der Waals surface area contributed by atoms with Crippen LogP contribution in [0.5, 0.6) is 0 Å². The monoisotopic (exact) mass is 399 g/mol. The van der Waals surface area contributed by atoms with Gasteiger partial charge in [-0.15, -0.1) is 0 Å². The maximum atomic E-state index is 12.7. The van der Waals surface area contributed by atoms with Crippen LogP contribution in [0.25, 0.3) is 10.9 Å². The molecule has 2 heterocycles. The van der Waals surface area contributed by atoms with Crippen molar-refractivity contribution >= 4 is 34.2 Å². The van der Waals surface area contributed by atoms with Crippen LogP contribution < -0.4 is 16.1 Å². The molecule has 0 spiro atoms. The first-order chi connectivity index (χ1) is 13.5. The van der Waals surface area contributed by atoms with E-state index in [1.807, 2.05) is 10.6 Å². The average molecular weight is 400 g/mol. The fraction of sp³-hybridized carbons (Fsp3) is 0.429. The number of nitrogens with zero attached hydrogens (tertiary/aromatic N) is 2. The van der Waals surface area contributed by atoms with E-state index in [0.717, 1.165) is 38.0 Å². The Bertz CT molecular complexity index is 1070. The highest BCUT2D eigenvalue weighted by Crippen LogP contribution is 2.43. The third-order valence-corrected chi connectivity index (χ3v) is 6.78. The standard InChI is InChI=1S/C21H22ClN3O3/c22-18-17(24-8-11-2-1-3-16(23)14(11)9-24)7-6-13-19(18)25(12-4-5-12)10-15(20(13)26)21(27)28/h1,3,6-7,10-12,14,16H,2,4-5,8-9,23H2,(H,27,28). The van der Waals surface area contributed by atoms with Gasteiger partial charge in [0.1, 0.15) is 5.56 Å². The summed E-state index contributed by atoms with van der Waals surface area (Å²) in [4.78, 5) is 26.5. The second-order valence-corrected chi connectivity index (χ2v) is 8.56. The largest absolute Gasteiger partial charge is 0.477 e. The number of benzene rings is 1. The van der Waals surface area contributed by atoms with Crippen molar-refractivity contribution < 1.29 is 9.90 Å². The molecule has 1 saturated carbocycles. The van der Waals surface area contributed by atoms with E-state index in [4.69, 9.17) is 17.3 Å². The highest BCUT2D eigenvalue weighted by atomic mass is 35.5. The van der Waals surface area contributed by atoms with Crippen LogP contribution in [0.15, 0.2) is 35.3 Å². The van der Waals surface area contributed by atoms with Crippen molar-refractivity contribution in [2.75, 3.05) is 18.0 Å². The predicted molar refractivity (Wildman–Crippen MR) is 109 cm³/mol. The summed E-state index contributed by atoms with van der Waals surface area (Å²) in [6, 6.07) is 3.84. The Balaban J connectivity index is 1.64. The molecule has 2 aromatic rings. The summed E-state index contributed by atoms with van der Waals surface area (Å²) >= 11 is 6.84. The molecule has 2 fully saturated rings. The summed E-state index contributed by atoms with van der Waals surface area (Å²) in [5, 5.41) is 10.3. The number of halogens is 1. The van der Waals surface area contributed by atoms with Crippen LogP contribution >= 0.6 is 11.6 Å². The maximum absolute atomic E-state index is 12.7. The summed E-state index contributed by atoms with van der Waals surface area (Å²) in [5.74, 6) is -0.296. The number of rotatable bonds is 3. The van der Waals surface area contributed by atoms with Gasteiger partial charge in [0, 0.05) is 36.8 Å². The van der Waals surface area contributed by atoms with Crippen molar-refractivity contribution in [1.82, 2.24) is 4.57 Å². The fourth-order valence-corrected chi connectivity index (χ4v) is 5.15. The molecule has 1 aromatic carbocycles. The molecule has 7 heteroatoms. The van der Waals surface area contributed by atoms with Gasteiger partial charge < -0.3 is 20.3 Å². The minimum absolute atomic E-state index is 0.0609. The van der Waals surface area contributed by atoms with Gasteiger partial charge in [0.2, 0.25) is 5.43 Å². The minimum atomic E-state index is -1.20. The van der Waals surface area contributed by atoms with Crippen molar-refractivity contribution in [1.29, 1.82) is 0 Å². The number of fused-ring (bicyclic) bond motifs is 2. The molecule has 2 aliphatic carbocycles. The van der Waals surface area contributed by atoms with Gasteiger partial charge in [0.25, 0.3) is 0 Å². The molecular weight excluding hydrogens is 378 g/mol. The number of hydrogen-bond acceptors (Lipinski definition) is 4. The molecule has 5 rings (SSSR count). The van der Waals surface area contributed by atoms with Crippen LogP contribution in [0.1, 0.15) is 35.7 Å². The second kappa shape index (κ2) is 6.36. The van der Waals surface area contributed by atoms with Crippen LogP contribution in [-0.4, -0.2) is 34.8 Å². The maximum Gasteiger partial charge on any atom is 0.341 e. The van der Waals surface area contributed by atoms with Crippen LogP contribution in [0.4, 0.5) is 5.69 Å². The van der Waals surface area contributed by atoms with E-state index in [0.29, 0.717) is 27.8 Å². The lowest BCUT2D eigenvalue weighted by Crippen LogP contribution is -2.35. The first-order valence-corrected chi connectivity index (χ1v) is 10.1. The molecule has 1 aliphatic heterocycles. The van der Waals surface area contributed by atoms with Crippen molar-refractivity contribution in [3.05, 3.63) is 51.3 Å². The minimum Gasteiger partial charge on any atom is -0.477 e. The van der Waals surface area contributed by atoms with Crippen molar-refractivity contribution in [3.8, 4) is 0 Å². The number of aromatic carboxylic acids is 1. The third-order valence-electron chi connectivity index (χ3n) is 6.41. The smallest absolute Gasteiger partial charge is 0.341 e. The predicted octanol–water partition coefficient (Wildman–Crippen LogP) is 3.03. The van der Waals surface area contributed by atoms with Gasteiger partial charge in [0.05, 0.1) is 16.2 Å². The molecular formula is C21H22ClN3O3. The number of carboxylic acid groups (broad SMARTS) is 1. The zero-order chi connectivity index (χ0) is 19.6. The molecule has 0 amide bonds. The molecule has 3 aliphatic rings. The number of carbonyl (C=O) groups is 1. The highest BCUT2D eigenvalue weighted by Gasteiger charge is 2.38. The summed E-state index contributed by atoms with van der Waals surface area (Å²) in [6.07, 6.45) is 8.66. The number of carboxylic acids is 1. The second-order valence-electron chi connectivity index (χ2n) is 8.18. The molecule has 1 saturated heterocycles. The molecule has 28 heavy (non-hydrogen) atoms. The Labute approximate surface area is 167 Å². The first-order valence-electron chi connectivity index (χ1n) is 9.73. The SMILES string of the molecule is NC1C=CCC2CN(c3ccc4c(=O)c(C(=O)O)cn(C5CC5)c4c3Cl)CC12. The van der Waals surface area contributed by atoms with Crippen LogP contribution in [-0.2, 0) is 0 Å². The lowest BCUT2D eigenvalue weighted by atomic mass is 9.83. The highest BCUT2D eigenvalue weighted by molar-refractivity contribution is 6.38. The number of aromatic nitrogens is 1. The third kappa shape index (κ3) is 2.66. The molecule has 3 unspecified atom stereocenters. The lowest BCUT2D eigenvalue weighted by molar-refractivity contribution is 0.0695. The molecule has 146 valence electrons. The van der Waals surface area contributed by atoms with Gasteiger partial charge in [-0.2, -0.15) is 0 Å².